The highest BCUT2D eigenvalue weighted by molar-refractivity contribution is 6.49. The van der Waals surface area contributed by atoms with E-state index in [9.17, 15) is 9.59 Å². The Labute approximate surface area is 134 Å². The minimum atomic E-state index is -0.405. The van der Waals surface area contributed by atoms with Crippen LogP contribution in [0.1, 0.15) is 22.3 Å². The van der Waals surface area contributed by atoms with Crippen molar-refractivity contribution in [2.75, 3.05) is 0 Å². The molecule has 2 aromatic rings. The van der Waals surface area contributed by atoms with Crippen LogP contribution in [0.5, 0.6) is 0 Å². The van der Waals surface area contributed by atoms with E-state index in [2.05, 4.69) is 5.32 Å². The predicted molar refractivity (Wildman–Crippen MR) is 88.6 cm³/mol. The number of nitrogens with one attached hydrogen (secondary N) is 1. The highest BCUT2D eigenvalue weighted by Crippen LogP contribution is 2.34. The van der Waals surface area contributed by atoms with Gasteiger partial charge in [0, 0.05) is 13.1 Å². The second-order valence-electron chi connectivity index (χ2n) is 5.26. The van der Waals surface area contributed by atoms with Gasteiger partial charge in [-0.25, -0.2) is 0 Å². The van der Waals surface area contributed by atoms with Crippen LogP contribution >= 0.6 is 0 Å². The quantitative estimate of drug-likeness (QED) is 0.738. The summed E-state index contributed by atoms with van der Waals surface area (Å²) >= 11 is 0. The maximum atomic E-state index is 12.4. The number of hydrogen-bond acceptors (Lipinski definition) is 4. The fourth-order valence-corrected chi connectivity index (χ4v) is 2.85. The monoisotopic (exact) mass is 307 g/mol. The van der Waals surface area contributed by atoms with Gasteiger partial charge in [0.2, 0.25) is 0 Å². The van der Waals surface area contributed by atoms with Crippen molar-refractivity contribution in [1.82, 2.24) is 5.32 Å². The lowest BCUT2D eigenvalue weighted by Gasteiger charge is -2.11. The van der Waals surface area contributed by atoms with Gasteiger partial charge in [0.05, 0.1) is 11.1 Å². The Morgan fingerprint density at radius 3 is 1.48 bits per heavy atom. The SMILES string of the molecule is NCc1ccccc1C1=C(c2ccccc2CN)C(=O)NC1=O. The van der Waals surface area contributed by atoms with E-state index in [0.717, 1.165) is 11.1 Å². The maximum Gasteiger partial charge on any atom is 0.259 e. The lowest BCUT2D eigenvalue weighted by molar-refractivity contribution is -0.122. The van der Waals surface area contributed by atoms with Crippen LogP contribution in [0.15, 0.2) is 48.5 Å². The molecule has 1 aliphatic rings. The Morgan fingerprint density at radius 2 is 1.09 bits per heavy atom. The number of amides is 2. The molecule has 5 heteroatoms. The van der Waals surface area contributed by atoms with Crippen molar-refractivity contribution in [1.29, 1.82) is 0 Å². The molecular weight excluding hydrogens is 290 g/mol. The molecule has 116 valence electrons. The summed E-state index contributed by atoms with van der Waals surface area (Å²) in [4.78, 5) is 24.7. The molecule has 0 saturated heterocycles. The first kappa shape index (κ1) is 15.1. The molecule has 5 N–H and O–H groups in total. The zero-order valence-electron chi connectivity index (χ0n) is 12.5. The average molecular weight is 307 g/mol. The third kappa shape index (κ3) is 2.56. The Balaban J connectivity index is 2.31. The Morgan fingerprint density at radius 1 is 0.696 bits per heavy atom. The van der Waals surface area contributed by atoms with Gasteiger partial charge in [0.1, 0.15) is 0 Å². The zero-order valence-corrected chi connectivity index (χ0v) is 12.5. The van der Waals surface area contributed by atoms with Crippen LogP contribution in [-0.4, -0.2) is 11.8 Å². The van der Waals surface area contributed by atoms with E-state index in [1.165, 1.54) is 0 Å². The Kier molecular flexibility index (Phi) is 4.06. The van der Waals surface area contributed by atoms with Gasteiger partial charge >= 0.3 is 0 Å². The van der Waals surface area contributed by atoms with Crippen molar-refractivity contribution in [2.24, 2.45) is 11.5 Å². The van der Waals surface area contributed by atoms with Crippen LogP contribution in [0.4, 0.5) is 0 Å². The summed E-state index contributed by atoms with van der Waals surface area (Å²) in [5.41, 5.74) is 15.3. The van der Waals surface area contributed by atoms with Gasteiger partial charge in [-0.05, 0) is 22.3 Å². The number of carbonyl (C=O) groups is 2. The molecule has 0 saturated carbocycles. The van der Waals surface area contributed by atoms with Crippen LogP contribution in [0.2, 0.25) is 0 Å². The fraction of sp³-hybridized carbons (Fsp3) is 0.111. The Bertz CT molecular complexity index is 757. The van der Waals surface area contributed by atoms with Crippen LogP contribution in [-0.2, 0) is 22.7 Å². The molecule has 3 rings (SSSR count). The molecule has 0 aromatic heterocycles. The maximum absolute atomic E-state index is 12.4. The number of hydrogen-bond donors (Lipinski definition) is 3. The van der Waals surface area contributed by atoms with Crippen molar-refractivity contribution in [3.8, 4) is 0 Å². The van der Waals surface area contributed by atoms with Crippen LogP contribution in [0.3, 0.4) is 0 Å². The minimum Gasteiger partial charge on any atom is -0.326 e. The second-order valence-corrected chi connectivity index (χ2v) is 5.26. The first-order valence-electron chi connectivity index (χ1n) is 7.34. The summed E-state index contributed by atoms with van der Waals surface area (Å²) in [6.45, 7) is 0.569. The smallest absolute Gasteiger partial charge is 0.259 e. The first-order valence-corrected chi connectivity index (χ1v) is 7.34. The highest BCUT2D eigenvalue weighted by atomic mass is 16.2. The number of imide groups is 1. The van der Waals surface area contributed by atoms with Gasteiger partial charge in [-0.3, -0.25) is 14.9 Å². The summed E-state index contributed by atoms with van der Waals surface area (Å²) in [5.74, 6) is -0.810. The third-order valence-corrected chi connectivity index (χ3v) is 3.94. The number of nitrogens with two attached hydrogens (primary N) is 2. The summed E-state index contributed by atoms with van der Waals surface area (Å²) in [5, 5.41) is 2.38. The normalized spacial score (nSPS) is 14.3. The molecule has 0 bridgehead atoms. The molecule has 2 aromatic carbocycles. The van der Waals surface area contributed by atoms with Gasteiger partial charge in [0.25, 0.3) is 11.8 Å². The molecule has 0 spiro atoms. The Hall–Kier alpha value is -2.76. The van der Waals surface area contributed by atoms with Gasteiger partial charge in [-0.15, -0.1) is 0 Å². The van der Waals surface area contributed by atoms with Crippen LogP contribution < -0.4 is 16.8 Å². The van der Waals surface area contributed by atoms with Gasteiger partial charge in [-0.1, -0.05) is 48.5 Å². The highest BCUT2D eigenvalue weighted by Gasteiger charge is 2.33. The van der Waals surface area contributed by atoms with Gasteiger partial charge < -0.3 is 11.5 Å². The van der Waals surface area contributed by atoms with Gasteiger partial charge in [-0.2, -0.15) is 0 Å². The molecule has 0 fully saturated rings. The predicted octanol–water partition coefficient (Wildman–Crippen LogP) is 1.17. The van der Waals surface area contributed by atoms with Crippen molar-refractivity contribution in [3.63, 3.8) is 0 Å². The molecule has 5 nitrogen and oxygen atoms in total. The average Bonchev–Trinajstić information content (AvgIpc) is 2.88. The number of benzene rings is 2. The molecule has 0 radical (unpaired) electrons. The lowest BCUT2D eigenvalue weighted by Crippen LogP contribution is -2.23. The van der Waals surface area contributed by atoms with E-state index >= 15 is 0 Å². The summed E-state index contributed by atoms with van der Waals surface area (Å²) in [6, 6.07) is 14.7. The molecule has 0 aliphatic carbocycles. The summed E-state index contributed by atoms with van der Waals surface area (Å²) < 4.78 is 0. The molecule has 1 heterocycles. The summed E-state index contributed by atoms with van der Waals surface area (Å²) in [6.07, 6.45) is 0. The van der Waals surface area contributed by atoms with Crippen LogP contribution in [0.25, 0.3) is 11.1 Å². The van der Waals surface area contributed by atoms with E-state index in [0.29, 0.717) is 22.3 Å². The van der Waals surface area contributed by atoms with E-state index in [-0.39, 0.29) is 13.1 Å². The first-order chi connectivity index (χ1) is 11.2. The zero-order chi connectivity index (χ0) is 16.4. The van der Waals surface area contributed by atoms with Crippen molar-refractivity contribution < 1.29 is 9.59 Å². The molecule has 2 amide bonds. The van der Waals surface area contributed by atoms with E-state index in [4.69, 9.17) is 11.5 Å². The van der Waals surface area contributed by atoms with E-state index in [1.807, 2.05) is 36.4 Å². The molecule has 1 aliphatic heterocycles. The standard InChI is InChI=1S/C18H17N3O2/c19-9-11-5-1-3-7-13(11)15-16(18(23)21-17(15)22)14-8-4-2-6-12(14)10-20/h1-8H,9-10,19-20H2,(H,21,22,23). The number of rotatable bonds is 4. The summed E-state index contributed by atoms with van der Waals surface area (Å²) in [7, 11) is 0. The van der Waals surface area contributed by atoms with E-state index < -0.39 is 11.8 Å². The van der Waals surface area contributed by atoms with Gasteiger partial charge in [0.15, 0.2) is 0 Å². The lowest BCUT2D eigenvalue weighted by atomic mass is 9.91. The van der Waals surface area contributed by atoms with Crippen molar-refractivity contribution in [2.45, 2.75) is 13.1 Å². The minimum absolute atomic E-state index is 0.285. The van der Waals surface area contributed by atoms with Crippen molar-refractivity contribution >= 4 is 23.0 Å². The molecular formula is C18H17N3O2. The molecule has 0 atom stereocenters. The topological polar surface area (TPSA) is 98.2 Å². The molecule has 0 unspecified atom stereocenters. The fourth-order valence-electron chi connectivity index (χ4n) is 2.85. The largest absolute Gasteiger partial charge is 0.326 e. The second kappa shape index (κ2) is 6.16. The van der Waals surface area contributed by atoms with Crippen LogP contribution in [0, 0.1) is 0 Å². The number of carbonyl (C=O) groups excluding carboxylic acids is 2. The third-order valence-electron chi connectivity index (χ3n) is 3.94. The molecule has 23 heavy (non-hydrogen) atoms. The van der Waals surface area contributed by atoms with E-state index in [1.54, 1.807) is 12.1 Å². The van der Waals surface area contributed by atoms with Crippen molar-refractivity contribution in [3.05, 3.63) is 70.8 Å².